The average molecular weight is 287 g/mol. The zero-order valence-corrected chi connectivity index (χ0v) is 11.1. The van der Waals surface area contributed by atoms with Gasteiger partial charge in [-0.15, -0.1) is 17.5 Å². The van der Waals surface area contributed by atoms with Gasteiger partial charge in [0.05, 0.1) is 11.5 Å². The van der Waals surface area contributed by atoms with Crippen LogP contribution in [0.1, 0.15) is 5.56 Å². The van der Waals surface area contributed by atoms with E-state index in [0.29, 0.717) is 15.7 Å². The summed E-state index contributed by atoms with van der Waals surface area (Å²) in [4.78, 5) is 21.8. The molecule has 0 fully saturated rings. The maximum absolute atomic E-state index is 11.1. The average Bonchev–Trinajstić information content (AvgIpc) is 2.44. The van der Waals surface area contributed by atoms with Crippen molar-refractivity contribution < 1.29 is 4.92 Å². The lowest BCUT2D eigenvalue weighted by Gasteiger charge is -2.04. The largest absolute Gasteiger partial charge is 0.320 e. The molecule has 0 aromatic heterocycles. The van der Waals surface area contributed by atoms with Crippen LogP contribution in [-0.4, -0.2) is 11.5 Å². The molecule has 0 aliphatic heterocycles. The normalized spacial score (nSPS) is 9.90. The van der Waals surface area contributed by atoms with Crippen LogP contribution in [-0.2, 0) is 0 Å². The van der Waals surface area contributed by atoms with Crippen molar-refractivity contribution in [3.63, 3.8) is 0 Å². The van der Waals surface area contributed by atoms with Gasteiger partial charge in [0.1, 0.15) is 11.3 Å². The summed E-state index contributed by atoms with van der Waals surface area (Å²) in [6, 6.07) is 6.03. The Morgan fingerprint density at radius 1 is 1.40 bits per heavy atom. The molecule has 6 nitrogen and oxygen atoms in total. The number of nitroso groups, excluding NO2 is 1. The van der Waals surface area contributed by atoms with Gasteiger partial charge in [0.25, 0.3) is 5.69 Å². The molecule has 0 spiro atoms. The Hall–Kier alpha value is -2.43. The number of rotatable bonds is 2. The molecule has 2 aromatic carbocycles. The van der Waals surface area contributed by atoms with Gasteiger partial charge in [-0.25, -0.2) is 0 Å². The monoisotopic (exact) mass is 287 g/mol. The van der Waals surface area contributed by atoms with E-state index >= 15 is 0 Å². The van der Waals surface area contributed by atoms with Crippen molar-refractivity contribution in [3.8, 4) is 11.8 Å². The number of benzene rings is 2. The van der Waals surface area contributed by atoms with Crippen molar-refractivity contribution in [1.82, 2.24) is 0 Å². The van der Waals surface area contributed by atoms with Crippen LogP contribution in [0.4, 0.5) is 11.4 Å². The van der Waals surface area contributed by atoms with Crippen LogP contribution in [0.15, 0.2) is 34.3 Å². The second-order valence-electron chi connectivity index (χ2n) is 3.88. The van der Waals surface area contributed by atoms with Crippen LogP contribution in [0.2, 0.25) is 0 Å². The van der Waals surface area contributed by atoms with E-state index in [0.717, 1.165) is 0 Å². The number of thiol groups is 1. The second kappa shape index (κ2) is 5.69. The molecule has 100 valence electrons. The summed E-state index contributed by atoms with van der Waals surface area (Å²) in [6.45, 7) is 0.0839. The van der Waals surface area contributed by atoms with Gasteiger partial charge in [-0.1, -0.05) is 17.9 Å². The smallest absolute Gasteiger partial charge is 0.285 e. The van der Waals surface area contributed by atoms with Crippen LogP contribution in [0, 0.1) is 26.9 Å². The molecule has 0 aliphatic rings. The number of fused-ring (bicyclic) bond motifs is 1. The maximum Gasteiger partial charge on any atom is 0.285 e. The van der Waals surface area contributed by atoms with Crippen molar-refractivity contribution in [1.29, 1.82) is 0 Å². The third-order valence-electron chi connectivity index (χ3n) is 2.70. The van der Waals surface area contributed by atoms with Gasteiger partial charge in [-0.05, 0) is 22.7 Å². The molecule has 0 saturated carbocycles. The van der Waals surface area contributed by atoms with Crippen molar-refractivity contribution in [2.75, 3.05) is 6.54 Å². The first kappa shape index (κ1) is 14.0. The molecule has 0 bridgehead atoms. The third kappa shape index (κ3) is 2.47. The molecule has 0 radical (unpaired) electrons. The summed E-state index contributed by atoms with van der Waals surface area (Å²) in [7, 11) is 0. The predicted octanol–water partition coefficient (Wildman–Crippen LogP) is 2.74. The number of hydrogen-bond acceptors (Lipinski definition) is 6. The number of nitrogens with two attached hydrogens (primary N) is 1. The first-order valence-corrected chi connectivity index (χ1v) is 5.99. The number of nitro benzene ring substituents is 1. The number of nitrogens with zero attached hydrogens (tertiary/aromatic N) is 2. The van der Waals surface area contributed by atoms with Crippen LogP contribution in [0.3, 0.4) is 0 Å². The van der Waals surface area contributed by atoms with Crippen LogP contribution in [0.25, 0.3) is 10.8 Å². The fourth-order valence-electron chi connectivity index (χ4n) is 1.83. The molecule has 0 heterocycles. The zero-order valence-electron chi connectivity index (χ0n) is 10.2. The Labute approximate surface area is 119 Å². The van der Waals surface area contributed by atoms with Crippen LogP contribution < -0.4 is 5.73 Å². The summed E-state index contributed by atoms with van der Waals surface area (Å²) in [6.07, 6.45) is 0. The van der Waals surface area contributed by atoms with E-state index in [1.807, 2.05) is 0 Å². The standard InChI is InChI=1S/C13H9N3O3S/c14-5-1-2-9-6-10-8(7-11(9)16(18)19)3-4-12(20)13(10)15-17/h3-4,6-7,20H,5,14H2. The van der Waals surface area contributed by atoms with Gasteiger partial charge in [0.15, 0.2) is 0 Å². The van der Waals surface area contributed by atoms with Gasteiger partial charge in [0.2, 0.25) is 0 Å². The van der Waals surface area contributed by atoms with E-state index in [1.165, 1.54) is 12.1 Å². The van der Waals surface area contributed by atoms with E-state index < -0.39 is 4.92 Å². The van der Waals surface area contributed by atoms with Crippen molar-refractivity contribution in [2.45, 2.75) is 4.90 Å². The molecule has 2 rings (SSSR count). The Morgan fingerprint density at radius 2 is 2.15 bits per heavy atom. The SMILES string of the molecule is NCC#Cc1cc2c(N=O)c(S)ccc2cc1[N+](=O)[O-]. The van der Waals surface area contributed by atoms with Crippen LogP contribution in [0.5, 0.6) is 0 Å². The molecule has 0 aliphatic carbocycles. The molecule has 0 amide bonds. The van der Waals surface area contributed by atoms with E-state index in [-0.39, 0.29) is 23.5 Å². The molecular formula is C13H9N3O3S. The lowest BCUT2D eigenvalue weighted by atomic mass is 10.0. The van der Waals surface area contributed by atoms with E-state index in [9.17, 15) is 15.0 Å². The predicted molar refractivity (Wildman–Crippen MR) is 79.2 cm³/mol. The summed E-state index contributed by atoms with van der Waals surface area (Å²) < 4.78 is 0. The van der Waals surface area contributed by atoms with Crippen molar-refractivity contribution in [3.05, 3.63) is 44.9 Å². The quantitative estimate of drug-likeness (QED) is 0.292. The summed E-state index contributed by atoms with van der Waals surface area (Å²) in [5.74, 6) is 5.19. The highest BCUT2D eigenvalue weighted by Gasteiger charge is 2.16. The van der Waals surface area contributed by atoms with E-state index in [2.05, 4.69) is 29.6 Å². The highest BCUT2D eigenvalue weighted by molar-refractivity contribution is 7.80. The Balaban J connectivity index is 2.85. The lowest BCUT2D eigenvalue weighted by molar-refractivity contribution is -0.385. The molecule has 20 heavy (non-hydrogen) atoms. The van der Waals surface area contributed by atoms with Gasteiger partial charge in [-0.2, -0.15) is 0 Å². The topological polar surface area (TPSA) is 98.6 Å². The highest BCUT2D eigenvalue weighted by Crippen LogP contribution is 2.35. The first-order valence-electron chi connectivity index (χ1n) is 5.55. The molecule has 0 atom stereocenters. The molecule has 0 saturated heterocycles. The van der Waals surface area contributed by atoms with Gasteiger partial charge in [0, 0.05) is 16.3 Å². The Bertz CT molecular complexity index is 778. The summed E-state index contributed by atoms with van der Waals surface area (Å²) in [5, 5.41) is 15.0. The Kier molecular flexibility index (Phi) is 3.98. The summed E-state index contributed by atoms with van der Waals surface area (Å²) in [5.41, 5.74) is 5.46. The molecule has 7 heteroatoms. The van der Waals surface area contributed by atoms with Gasteiger partial charge >= 0.3 is 0 Å². The van der Waals surface area contributed by atoms with Crippen molar-refractivity contribution in [2.24, 2.45) is 10.9 Å². The second-order valence-corrected chi connectivity index (χ2v) is 4.36. The minimum absolute atomic E-state index is 0.0839. The zero-order chi connectivity index (χ0) is 14.7. The molecular weight excluding hydrogens is 278 g/mol. The first-order chi connectivity index (χ1) is 9.58. The molecule has 2 N–H and O–H groups in total. The maximum atomic E-state index is 11.1. The molecule has 0 unspecified atom stereocenters. The molecule has 2 aromatic rings. The number of nitro groups is 1. The lowest BCUT2D eigenvalue weighted by Crippen LogP contribution is -1.96. The third-order valence-corrected chi connectivity index (χ3v) is 3.06. The van der Waals surface area contributed by atoms with E-state index in [1.54, 1.807) is 12.1 Å². The van der Waals surface area contributed by atoms with Crippen molar-refractivity contribution >= 4 is 34.8 Å². The summed E-state index contributed by atoms with van der Waals surface area (Å²) >= 11 is 4.14. The highest BCUT2D eigenvalue weighted by atomic mass is 32.1. The minimum Gasteiger partial charge on any atom is -0.320 e. The van der Waals surface area contributed by atoms with Gasteiger partial charge < -0.3 is 5.73 Å². The van der Waals surface area contributed by atoms with Crippen LogP contribution >= 0.6 is 12.6 Å². The minimum atomic E-state index is -0.525. The Morgan fingerprint density at radius 3 is 2.75 bits per heavy atom. The van der Waals surface area contributed by atoms with E-state index in [4.69, 9.17) is 5.73 Å². The number of hydrogen-bond donors (Lipinski definition) is 2. The fraction of sp³-hybridized carbons (Fsp3) is 0.0769. The fourth-order valence-corrected chi connectivity index (χ4v) is 2.06. The van der Waals surface area contributed by atoms with Gasteiger partial charge in [-0.3, -0.25) is 10.1 Å².